The largest absolute Gasteiger partial charge is 0.481 e. The van der Waals surface area contributed by atoms with Gasteiger partial charge in [0.05, 0.1) is 19.1 Å². The Hall–Kier alpha value is -1.30. The van der Waals surface area contributed by atoms with Gasteiger partial charge in [-0.3, -0.25) is 4.79 Å². The summed E-state index contributed by atoms with van der Waals surface area (Å²) < 4.78 is 5.34. The molecule has 1 aliphatic heterocycles. The van der Waals surface area contributed by atoms with Gasteiger partial charge in [-0.15, -0.1) is 0 Å². The molecule has 1 saturated heterocycles. The second-order valence-electron chi connectivity index (χ2n) is 5.66. The Labute approximate surface area is 120 Å². The molecule has 0 saturated carbocycles. The predicted octanol–water partition coefficient (Wildman–Crippen LogP) is 1.70. The minimum Gasteiger partial charge on any atom is -0.481 e. The van der Waals surface area contributed by atoms with Crippen LogP contribution in [0.15, 0.2) is 0 Å². The molecular formula is C14H26N2O4. The van der Waals surface area contributed by atoms with Crippen LogP contribution in [-0.4, -0.2) is 54.4 Å². The number of ether oxygens (including phenoxy) is 1. The fourth-order valence-electron chi connectivity index (χ4n) is 2.21. The Bertz CT molecular complexity index is 320. The van der Waals surface area contributed by atoms with Crippen molar-refractivity contribution in [3.05, 3.63) is 0 Å². The number of unbranched alkanes of at least 4 members (excludes halogenated alkanes) is 1. The Morgan fingerprint density at radius 3 is 2.80 bits per heavy atom. The van der Waals surface area contributed by atoms with Crippen LogP contribution in [0.3, 0.4) is 0 Å². The average molecular weight is 286 g/mol. The van der Waals surface area contributed by atoms with Crippen molar-refractivity contribution >= 4 is 12.0 Å². The number of carbonyl (C=O) groups is 2. The van der Waals surface area contributed by atoms with Crippen molar-refractivity contribution in [2.75, 3.05) is 26.2 Å². The van der Waals surface area contributed by atoms with Gasteiger partial charge in [-0.2, -0.15) is 0 Å². The summed E-state index contributed by atoms with van der Waals surface area (Å²) in [4.78, 5) is 24.2. The van der Waals surface area contributed by atoms with Gasteiger partial charge >= 0.3 is 12.0 Å². The molecule has 0 aromatic carbocycles. The van der Waals surface area contributed by atoms with Crippen LogP contribution in [0, 0.1) is 5.92 Å². The van der Waals surface area contributed by atoms with Crippen LogP contribution in [0.25, 0.3) is 0 Å². The average Bonchev–Trinajstić information content (AvgIpc) is 2.37. The number of carboxylic acids is 1. The summed E-state index contributed by atoms with van der Waals surface area (Å²) in [5, 5.41) is 11.6. The third-order valence-corrected chi connectivity index (χ3v) is 3.31. The van der Waals surface area contributed by atoms with Crippen molar-refractivity contribution in [2.45, 2.75) is 45.6 Å². The summed E-state index contributed by atoms with van der Waals surface area (Å²) in [6.07, 6.45) is 2.81. The van der Waals surface area contributed by atoms with E-state index < -0.39 is 12.1 Å². The van der Waals surface area contributed by atoms with Gasteiger partial charge < -0.3 is 20.1 Å². The number of hydrogen-bond acceptors (Lipinski definition) is 3. The second kappa shape index (κ2) is 8.79. The first-order valence-corrected chi connectivity index (χ1v) is 7.35. The number of carbonyl (C=O) groups excluding carboxylic acids is 1. The number of nitrogens with zero attached hydrogens (tertiary/aromatic N) is 1. The highest BCUT2D eigenvalue weighted by atomic mass is 16.5. The van der Waals surface area contributed by atoms with Crippen molar-refractivity contribution < 1.29 is 19.4 Å². The van der Waals surface area contributed by atoms with E-state index in [-0.39, 0.29) is 12.5 Å². The zero-order chi connectivity index (χ0) is 15.0. The SMILES string of the molecule is CC(C)CCCCNC(=O)N1CCOC(CC(=O)O)C1. The van der Waals surface area contributed by atoms with E-state index in [1.807, 2.05) is 0 Å². The zero-order valence-corrected chi connectivity index (χ0v) is 12.4. The van der Waals surface area contributed by atoms with Crippen molar-refractivity contribution in [1.29, 1.82) is 0 Å². The maximum absolute atomic E-state index is 11.9. The molecule has 6 heteroatoms. The van der Waals surface area contributed by atoms with Gasteiger partial charge in [0, 0.05) is 19.6 Å². The highest BCUT2D eigenvalue weighted by Gasteiger charge is 2.25. The minimum absolute atomic E-state index is 0.0574. The molecule has 116 valence electrons. The molecule has 0 aliphatic carbocycles. The molecule has 0 spiro atoms. The highest BCUT2D eigenvalue weighted by Crippen LogP contribution is 2.09. The van der Waals surface area contributed by atoms with Crippen LogP contribution in [0.1, 0.15) is 39.5 Å². The number of carboxylic acid groups (broad SMARTS) is 1. The lowest BCUT2D eigenvalue weighted by Gasteiger charge is -2.32. The van der Waals surface area contributed by atoms with Gasteiger partial charge in [0.1, 0.15) is 0 Å². The molecule has 2 amide bonds. The first kappa shape index (κ1) is 16.8. The summed E-state index contributed by atoms with van der Waals surface area (Å²) in [5.74, 6) is -0.201. The van der Waals surface area contributed by atoms with Crippen molar-refractivity contribution in [2.24, 2.45) is 5.92 Å². The summed E-state index contributed by atoms with van der Waals surface area (Å²) in [6.45, 7) is 6.33. The standard InChI is InChI=1S/C14H26N2O4/c1-11(2)5-3-4-6-15-14(19)16-7-8-20-12(10-16)9-13(17)18/h11-12H,3-10H2,1-2H3,(H,15,19)(H,17,18). The fraction of sp³-hybridized carbons (Fsp3) is 0.857. The fourth-order valence-corrected chi connectivity index (χ4v) is 2.21. The topological polar surface area (TPSA) is 78.9 Å². The molecule has 1 aliphatic rings. The van der Waals surface area contributed by atoms with E-state index in [9.17, 15) is 9.59 Å². The Morgan fingerprint density at radius 2 is 2.15 bits per heavy atom. The first-order valence-electron chi connectivity index (χ1n) is 7.35. The Kier molecular flexibility index (Phi) is 7.36. The van der Waals surface area contributed by atoms with Gasteiger partial charge in [0.2, 0.25) is 0 Å². The quantitative estimate of drug-likeness (QED) is 0.698. The number of hydrogen-bond donors (Lipinski definition) is 2. The molecule has 0 aromatic rings. The van der Waals surface area contributed by atoms with E-state index in [1.165, 1.54) is 6.42 Å². The van der Waals surface area contributed by atoms with E-state index >= 15 is 0 Å². The van der Waals surface area contributed by atoms with E-state index in [2.05, 4.69) is 19.2 Å². The molecule has 1 unspecified atom stereocenters. The minimum atomic E-state index is -0.897. The second-order valence-corrected chi connectivity index (χ2v) is 5.66. The maximum atomic E-state index is 11.9. The molecule has 0 bridgehead atoms. The van der Waals surface area contributed by atoms with Crippen LogP contribution in [0.2, 0.25) is 0 Å². The lowest BCUT2D eigenvalue weighted by atomic mass is 10.1. The third kappa shape index (κ3) is 6.75. The monoisotopic (exact) mass is 286 g/mol. The van der Waals surface area contributed by atoms with Crippen LogP contribution in [0.4, 0.5) is 4.79 Å². The zero-order valence-electron chi connectivity index (χ0n) is 12.4. The molecule has 1 atom stereocenters. The first-order chi connectivity index (χ1) is 9.49. The van der Waals surface area contributed by atoms with Gasteiger partial charge in [0.25, 0.3) is 0 Å². The van der Waals surface area contributed by atoms with Gasteiger partial charge in [-0.1, -0.05) is 26.7 Å². The van der Waals surface area contributed by atoms with Gasteiger partial charge in [-0.25, -0.2) is 4.79 Å². The number of rotatable bonds is 7. The lowest BCUT2D eigenvalue weighted by molar-refractivity contribution is -0.141. The molecule has 1 heterocycles. The molecule has 2 N–H and O–H groups in total. The molecule has 0 aromatic heterocycles. The summed E-state index contributed by atoms with van der Waals surface area (Å²) >= 11 is 0. The van der Waals surface area contributed by atoms with E-state index in [0.717, 1.165) is 12.8 Å². The molecule has 20 heavy (non-hydrogen) atoms. The summed E-state index contributed by atoms with van der Waals surface area (Å²) in [5.41, 5.74) is 0. The molecular weight excluding hydrogens is 260 g/mol. The summed E-state index contributed by atoms with van der Waals surface area (Å²) in [7, 11) is 0. The normalized spacial score (nSPS) is 19.1. The predicted molar refractivity (Wildman–Crippen MR) is 75.7 cm³/mol. The van der Waals surface area contributed by atoms with Crippen LogP contribution in [-0.2, 0) is 9.53 Å². The van der Waals surface area contributed by atoms with Gasteiger partial charge in [0.15, 0.2) is 0 Å². The smallest absolute Gasteiger partial charge is 0.317 e. The number of urea groups is 1. The summed E-state index contributed by atoms with van der Waals surface area (Å²) in [6, 6.07) is -0.117. The van der Waals surface area contributed by atoms with Crippen molar-refractivity contribution in [3.8, 4) is 0 Å². The Morgan fingerprint density at radius 1 is 1.40 bits per heavy atom. The van der Waals surface area contributed by atoms with Crippen molar-refractivity contribution in [1.82, 2.24) is 10.2 Å². The van der Waals surface area contributed by atoms with Crippen LogP contribution >= 0.6 is 0 Å². The molecule has 0 radical (unpaired) electrons. The van der Waals surface area contributed by atoms with E-state index in [0.29, 0.717) is 32.2 Å². The molecule has 1 fully saturated rings. The van der Waals surface area contributed by atoms with Gasteiger partial charge in [-0.05, 0) is 12.3 Å². The number of nitrogens with one attached hydrogen (secondary N) is 1. The Balaban J connectivity index is 2.20. The lowest BCUT2D eigenvalue weighted by Crippen LogP contribution is -2.50. The number of amides is 2. The van der Waals surface area contributed by atoms with Crippen molar-refractivity contribution in [3.63, 3.8) is 0 Å². The van der Waals surface area contributed by atoms with E-state index in [1.54, 1.807) is 4.90 Å². The molecule has 6 nitrogen and oxygen atoms in total. The van der Waals surface area contributed by atoms with E-state index in [4.69, 9.17) is 9.84 Å². The van der Waals surface area contributed by atoms with Crippen LogP contribution < -0.4 is 5.32 Å². The molecule has 1 rings (SSSR count). The maximum Gasteiger partial charge on any atom is 0.317 e. The number of aliphatic carboxylic acids is 1. The number of morpholine rings is 1. The highest BCUT2D eigenvalue weighted by molar-refractivity contribution is 5.74. The van der Waals surface area contributed by atoms with Crippen LogP contribution in [0.5, 0.6) is 0 Å². The third-order valence-electron chi connectivity index (χ3n) is 3.31.